The van der Waals surface area contributed by atoms with E-state index >= 15 is 0 Å². The fourth-order valence-electron chi connectivity index (χ4n) is 1.60. The molecule has 0 bridgehead atoms. The van der Waals surface area contributed by atoms with Gasteiger partial charge in [-0.1, -0.05) is 29.1 Å². The molecule has 0 aromatic heterocycles. The van der Waals surface area contributed by atoms with Crippen LogP contribution >= 0.6 is 0 Å². The quantitative estimate of drug-likeness (QED) is 0.225. The summed E-state index contributed by atoms with van der Waals surface area (Å²) < 4.78 is 22.9. The summed E-state index contributed by atoms with van der Waals surface area (Å²) in [5, 5.41) is 0. The van der Waals surface area contributed by atoms with Crippen LogP contribution in [0.3, 0.4) is 0 Å². The SMILES string of the molecule is C=CC(=O)OCCC[Si](OC)(O[SiH2]C=C(C)C)O[SiH2]C=C(C)C. The molecular weight excluding hydrogens is 344 g/mol. The molecule has 0 atom stereocenters. The van der Waals surface area contributed by atoms with Gasteiger partial charge in [0.25, 0.3) is 0 Å². The highest BCUT2D eigenvalue weighted by atomic mass is 28.4. The summed E-state index contributed by atoms with van der Waals surface area (Å²) >= 11 is 0. The first kappa shape index (κ1) is 22.2. The first-order chi connectivity index (χ1) is 10.8. The molecule has 0 aromatic carbocycles. The number of allylic oxidation sites excluding steroid dienone is 2. The van der Waals surface area contributed by atoms with Gasteiger partial charge in [-0.2, -0.15) is 0 Å². The maximum Gasteiger partial charge on any atom is 0.479 e. The molecule has 0 saturated carbocycles. The van der Waals surface area contributed by atoms with E-state index < -0.39 is 34.3 Å². The van der Waals surface area contributed by atoms with Crippen molar-refractivity contribution >= 4 is 34.3 Å². The molecule has 0 aromatic rings. The van der Waals surface area contributed by atoms with Crippen molar-refractivity contribution in [2.75, 3.05) is 13.7 Å². The number of carbonyl (C=O) groups excluding carboxylic acids is 1. The minimum atomic E-state index is -2.67. The molecule has 0 fully saturated rings. The van der Waals surface area contributed by atoms with Gasteiger partial charge in [-0.05, 0) is 34.1 Å². The fourth-order valence-corrected chi connectivity index (χ4v) is 8.92. The lowest BCUT2D eigenvalue weighted by atomic mass is 10.4. The highest BCUT2D eigenvalue weighted by Gasteiger charge is 2.38. The van der Waals surface area contributed by atoms with Crippen LogP contribution in [0.1, 0.15) is 34.1 Å². The van der Waals surface area contributed by atoms with Crippen molar-refractivity contribution in [3.63, 3.8) is 0 Å². The summed E-state index contributed by atoms with van der Waals surface area (Å²) in [5.74, 6) is -0.408. The minimum Gasteiger partial charge on any atom is -0.463 e. The van der Waals surface area contributed by atoms with E-state index in [0.29, 0.717) is 19.1 Å². The third-order valence-corrected chi connectivity index (χ3v) is 11.3. The maximum atomic E-state index is 11.1. The van der Waals surface area contributed by atoms with E-state index in [4.69, 9.17) is 17.4 Å². The fraction of sp³-hybridized carbons (Fsp3) is 0.533. The van der Waals surface area contributed by atoms with Gasteiger partial charge in [0.2, 0.25) is 0 Å². The number of hydrogen-bond acceptors (Lipinski definition) is 5. The summed E-state index contributed by atoms with van der Waals surface area (Å²) in [6, 6.07) is 0.654. The second kappa shape index (κ2) is 12.6. The zero-order valence-electron chi connectivity index (χ0n) is 15.0. The summed E-state index contributed by atoms with van der Waals surface area (Å²) in [4.78, 5) is 11.1. The number of carbonyl (C=O) groups is 1. The van der Waals surface area contributed by atoms with Crippen LogP contribution in [-0.4, -0.2) is 48.0 Å². The van der Waals surface area contributed by atoms with Crippen LogP contribution in [0.4, 0.5) is 0 Å². The van der Waals surface area contributed by atoms with Gasteiger partial charge in [-0.3, -0.25) is 0 Å². The molecule has 23 heavy (non-hydrogen) atoms. The highest BCUT2D eigenvalue weighted by Crippen LogP contribution is 2.17. The Morgan fingerprint density at radius 3 is 2.00 bits per heavy atom. The Balaban J connectivity index is 4.65. The monoisotopic (exact) mass is 374 g/mol. The van der Waals surface area contributed by atoms with Crippen LogP contribution in [-0.2, 0) is 22.2 Å². The normalized spacial score (nSPS) is 14.0. The maximum absolute atomic E-state index is 11.1. The van der Waals surface area contributed by atoms with Crippen LogP contribution in [0.5, 0.6) is 0 Å². The van der Waals surface area contributed by atoms with Gasteiger partial charge in [-0.15, -0.1) is 0 Å². The van der Waals surface area contributed by atoms with Crippen LogP contribution in [0.2, 0.25) is 6.04 Å². The molecule has 0 aliphatic carbocycles. The molecule has 8 heteroatoms. The Morgan fingerprint density at radius 2 is 1.61 bits per heavy atom. The molecule has 0 rings (SSSR count). The molecule has 132 valence electrons. The van der Waals surface area contributed by atoms with Crippen molar-refractivity contribution in [2.45, 2.75) is 40.2 Å². The van der Waals surface area contributed by atoms with E-state index in [-0.39, 0.29) is 0 Å². The number of ether oxygens (including phenoxy) is 1. The standard InChI is InChI=1S/C15H30O5Si3/c1-7-15(16)18-9-8-10-23(17-6,19-21-11-13(2)3)20-22-12-14(4)5/h7,11-12H,1,8-10,21-22H2,2-6H3. The summed E-state index contributed by atoms with van der Waals surface area (Å²) in [5.41, 5.74) is 6.78. The van der Waals surface area contributed by atoms with E-state index in [0.717, 1.165) is 6.08 Å². The van der Waals surface area contributed by atoms with Crippen molar-refractivity contribution < 1.29 is 22.2 Å². The largest absolute Gasteiger partial charge is 0.479 e. The molecule has 0 radical (unpaired) electrons. The van der Waals surface area contributed by atoms with Crippen molar-refractivity contribution in [1.29, 1.82) is 0 Å². The Bertz CT molecular complexity index is 405. The predicted octanol–water partition coefficient (Wildman–Crippen LogP) is 1.74. The van der Waals surface area contributed by atoms with E-state index in [2.05, 4.69) is 45.7 Å². The van der Waals surface area contributed by atoms with E-state index in [9.17, 15) is 4.79 Å². The molecule has 0 aliphatic heterocycles. The molecule has 0 heterocycles. The van der Waals surface area contributed by atoms with Crippen molar-refractivity contribution in [3.8, 4) is 0 Å². The van der Waals surface area contributed by atoms with Gasteiger partial charge in [0.05, 0.1) is 6.61 Å². The summed E-state index contributed by atoms with van der Waals surface area (Å²) in [6.45, 7) is 11.9. The van der Waals surface area contributed by atoms with Gasteiger partial charge < -0.3 is 17.4 Å². The molecule has 0 N–H and O–H groups in total. The van der Waals surface area contributed by atoms with Gasteiger partial charge in [0.1, 0.15) is 0 Å². The molecule has 0 unspecified atom stereocenters. The second-order valence-corrected chi connectivity index (χ2v) is 11.6. The Hall–Kier alpha value is -0.779. The van der Waals surface area contributed by atoms with Crippen molar-refractivity contribution in [1.82, 2.24) is 0 Å². The Labute approximate surface area is 146 Å². The third kappa shape index (κ3) is 11.4. The van der Waals surface area contributed by atoms with E-state index in [1.165, 1.54) is 11.1 Å². The van der Waals surface area contributed by atoms with Crippen molar-refractivity contribution in [3.05, 3.63) is 35.2 Å². The molecule has 0 spiro atoms. The molecule has 5 nitrogen and oxygen atoms in total. The van der Waals surface area contributed by atoms with Gasteiger partial charge in [-0.25, -0.2) is 4.79 Å². The number of hydrogen-bond donors (Lipinski definition) is 0. The molecule has 0 saturated heterocycles. The first-order valence-corrected chi connectivity index (χ1v) is 12.5. The predicted molar refractivity (Wildman–Crippen MR) is 101 cm³/mol. The average molecular weight is 375 g/mol. The average Bonchev–Trinajstić information content (AvgIpc) is 2.49. The molecule has 0 amide bonds. The van der Waals surface area contributed by atoms with Crippen LogP contribution < -0.4 is 0 Å². The summed E-state index contributed by atoms with van der Waals surface area (Å²) in [7, 11) is -2.67. The smallest absolute Gasteiger partial charge is 0.463 e. The van der Waals surface area contributed by atoms with Crippen LogP contribution in [0.25, 0.3) is 0 Å². The topological polar surface area (TPSA) is 54.0 Å². The van der Waals surface area contributed by atoms with Gasteiger partial charge in [0.15, 0.2) is 19.5 Å². The van der Waals surface area contributed by atoms with Crippen LogP contribution in [0.15, 0.2) is 35.2 Å². The second-order valence-electron chi connectivity index (χ2n) is 5.55. The van der Waals surface area contributed by atoms with Crippen LogP contribution in [0, 0.1) is 0 Å². The Morgan fingerprint density at radius 1 is 1.09 bits per heavy atom. The lowest BCUT2D eigenvalue weighted by molar-refractivity contribution is -0.137. The first-order valence-electron chi connectivity index (χ1n) is 7.74. The summed E-state index contributed by atoms with van der Waals surface area (Å²) in [6.07, 6.45) is 1.82. The minimum absolute atomic E-state index is 0.323. The van der Waals surface area contributed by atoms with Gasteiger partial charge >= 0.3 is 14.8 Å². The lowest BCUT2D eigenvalue weighted by Gasteiger charge is -2.28. The highest BCUT2D eigenvalue weighted by molar-refractivity contribution is 6.71. The van der Waals surface area contributed by atoms with Crippen molar-refractivity contribution in [2.24, 2.45) is 0 Å². The lowest BCUT2D eigenvalue weighted by Crippen LogP contribution is -2.46. The molecular formula is C15H30O5Si3. The number of rotatable bonds is 12. The Kier molecular flexibility index (Phi) is 12.2. The van der Waals surface area contributed by atoms with Gasteiger partial charge in [0, 0.05) is 19.2 Å². The van der Waals surface area contributed by atoms with E-state index in [1.807, 2.05) is 0 Å². The van der Waals surface area contributed by atoms with E-state index in [1.54, 1.807) is 7.11 Å². The zero-order chi connectivity index (χ0) is 17.7. The third-order valence-electron chi connectivity index (χ3n) is 2.94. The molecule has 0 aliphatic rings. The number of esters is 1. The zero-order valence-corrected chi connectivity index (χ0v) is 18.8.